The molecule has 5 heteroatoms. The molecule has 0 saturated carbocycles. The molecule has 118 valence electrons. The van der Waals surface area contributed by atoms with Crippen LogP contribution in [0.25, 0.3) is 0 Å². The predicted octanol–water partition coefficient (Wildman–Crippen LogP) is 0.943. The van der Waals surface area contributed by atoms with Crippen LogP contribution in [0.4, 0.5) is 0 Å². The van der Waals surface area contributed by atoms with Crippen molar-refractivity contribution >= 4 is 5.91 Å². The Balaban J connectivity index is 2.88. The zero-order valence-corrected chi connectivity index (χ0v) is 13.4. The molecule has 0 aromatic heterocycles. The molecule has 5 nitrogen and oxygen atoms in total. The number of carbonyl (C=O) groups excluding carboxylic acids is 1. The van der Waals surface area contributed by atoms with E-state index < -0.39 is 5.54 Å². The highest BCUT2D eigenvalue weighted by atomic mass is 16.5. The first kappa shape index (κ1) is 17.6. The molecule has 1 amide bonds. The van der Waals surface area contributed by atoms with Gasteiger partial charge in [-0.3, -0.25) is 4.79 Å². The number of nitrogens with zero attached hydrogens (tertiary/aromatic N) is 1. The minimum absolute atomic E-state index is 0.285. The van der Waals surface area contributed by atoms with Gasteiger partial charge in [-0.2, -0.15) is 0 Å². The predicted molar refractivity (Wildman–Crippen MR) is 85.0 cm³/mol. The number of likely N-dealkylation sites (N-methyl/N-ethyl adjacent to an activating group) is 2. The highest BCUT2D eigenvalue weighted by molar-refractivity contribution is 5.86. The van der Waals surface area contributed by atoms with Crippen molar-refractivity contribution in [3.8, 4) is 0 Å². The molecule has 0 heterocycles. The molecule has 0 fully saturated rings. The van der Waals surface area contributed by atoms with Gasteiger partial charge in [0.05, 0.1) is 6.61 Å². The largest absolute Gasteiger partial charge is 0.383 e. The van der Waals surface area contributed by atoms with E-state index in [-0.39, 0.29) is 11.9 Å². The first-order valence-corrected chi connectivity index (χ1v) is 7.21. The normalized spacial score (nSPS) is 15.7. The molecule has 0 bridgehead atoms. The number of nitrogens with two attached hydrogens (primary N) is 1. The van der Waals surface area contributed by atoms with E-state index in [9.17, 15) is 4.79 Å². The average molecular weight is 293 g/mol. The lowest BCUT2D eigenvalue weighted by molar-refractivity contribution is -0.125. The van der Waals surface area contributed by atoms with Crippen molar-refractivity contribution in [2.75, 3.05) is 34.4 Å². The van der Waals surface area contributed by atoms with E-state index in [4.69, 9.17) is 10.5 Å². The Morgan fingerprint density at radius 3 is 2.52 bits per heavy atom. The molecule has 1 aromatic carbocycles. The van der Waals surface area contributed by atoms with Crippen LogP contribution in [0, 0.1) is 0 Å². The van der Waals surface area contributed by atoms with E-state index in [0.717, 1.165) is 12.1 Å². The zero-order valence-electron chi connectivity index (χ0n) is 13.4. The summed E-state index contributed by atoms with van der Waals surface area (Å²) < 4.78 is 5.17. The number of primary amides is 1. The van der Waals surface area contributed by atoms with Gasteiger partial charge in [-0.15, -0.1) is 0 Å². The van der Waals surface area contributed by atoms with Gasteiger partial charge in [0, 0.05) is 19.7 Å². The Morgan fingerprint density at radius 2 is 2.05 bits per heavy atom. The van der Waals surface area contributed by atoms with Crippen molar-refractivity contribution in [1.29, 1.82) is 0 Å². The monoisotopic (exact) mass is 293 g/mol. The molecule has 1 rings (SSSR count). The second kappa shape index (κ2) is 8.12. The van der Waals surface area contributed by atoms with Crippen LogP contribution in [0.3, 0.4) is 0 Å². The van der Waals surface area contributed by atoms with Crippen LogP contribution in [0.2, 0.25) is 0 Å². The second-order valence-electron chi connectivity index (χ2n) is 5.42. The van der Waals surface area contributed by atoms with E-state index in [2.05, 4.69) is 17.1 Å². The summed E-state index contributed by atoms with van der Waals surface area (Å²) in [6.07, 6.45) is 0.605. The Kier molecular flexibility index (Phi) is 6.81. The molecule has 0 aliphatic heterocycles. The molecule has 0 aliphatic rings. The van der Waals surface area contributed by atoms with Gasteiger partial charge in [0.15, 0.2) is 0 Å². The fourth-order valence-electron chi connectivity index (χ4n) is 2.46. The minimum atomic E-state index is -0.845. The number of amides is 1. The van der Waals surface area contributed by atoms with Crippen LogP contribution in [0.15, 0.2) is 30.3 Å². The number of carbonyl (C=O) groups is 1. The molecule has 2 unspecified atom stereocenters. The number of ether oxygens (including phenoxy) is 1. The fraction of sp³-hybridized carbons (Fsp3) is 0.562. The van der Waals surface area contributed by atoms with E-state index in [1.54, 1.807) is 14.2 Å². The molecule has 0 aliphatic carbocycles. The third-order valence-electron chi connectivity index (χ3n) is 4.11. The minimum Gasteiger partial charge on any atom is -0.383 e. The number of hydrogen-bond acceptors (Lipinski definition) is 4. The van der Waals surface area contributed by atoms with E-state index in [0.29, 0.717) is 13.0 Å². The summed E-state index contributed by atoms with van der Waals surface area (Å²) in [7, 11) is 5.49. The van der Waals surface area contributed by atoms with E-state index in [1.807, 2.05) is 37.4 Å². The van der Waals surface area contributed by atoms with Gasteiger partial charge in [-0.1, -0.05) is 30.3 Å². The maximum Gasteiger partial charge on any atom is 0.242 e. The SMILES string of the molecule is CNC(CCN(C)C(C)COC)(C(N)=O)c1ccccc1. The summed E-state index contributed by atoms with van der Waals surface area (Å²) in [5.74, 6) is -0.357. The van der Waals surface area contributed by atoms with Gasteiger partial charge in [-0.05, 0) is 33.0 Å². The van der Waals surface area contributed by atoms with Gasteiger partial charge in [-0.25, -0.2) is 0 Å². The van der Waals surface area contributed by atoms with Crippen molar-refractivity contribution < 1.29 is 9.53 Å². The van der Waals surface area contributed by atoms with Gasteiger partial charge in [0.25, 0.3) is 0 Å². The zero-order chi connectivity index (χ0) is 15.9. The summed E-state index contributed by atoms with van der Waals surface area (Å²) in [5.41, 5.74) is 5.74. The molecule has 0 radical (unpaired) electrons. The van der Waals surface area contributed by atoms with Crippen molar-refractivity contribution in [3.05, 3.63) is 35.9 Å². The maximum atomic E-state index is 12.1. The van der Waals surface area contributed by atoms with Gasteiger partial charge in [0.1, 0.15) is 5.54 Å². The lowest BCUT2D eigenvalue weighted by atomic mass is 9.85. The van der Waals surface area contributed by atoms with Crippen LogP contribution in [-0.2, 0) is 15.1 Å². The molecule has 2 atom stereocenters. The first-order valence-electron chi connectivity index (χ1n) is 7.21. The smallest absolute Gasteiger partial charge is 0.242 e. The quantitative estimate of drug-likeness (QED) is 0.711. The lowest BCUT2D eigenvalue weighted by Crippen LogP contribution is -2.53. The summed E-state index contributed by atoms with van der Waals surface area (Å²) >= 11 is 0. The number of benzene rings is 1. The number of nitrogens with one attached hydrogen (secondary N) is 1. The highest BCUT2D eigenvalue weighted by Crippen LogP contribution is 2.25. The van der Waals surface area contributed by atoms with Crippen molar-refractivity contribution in [2.24, 2.45) is 5.73 Å². The van der Waals surface area contributed by atoms with Crippen LogP contribution < -0.4 is 11.1 Å². The van der Waals surface area contributed by atoms with Gasteiger partial charge >= 0.3 is 0 Å². The molecule has 0 spiro atoms. The summed E-state index contributed by atoms with van der Waals surface area (Å²) in [5, 5.41) is 3.13. The van der Waals surface area contributed by atoms with Gasteiger partial charge < -0.3 is 20.7 Å². The lowest BCUT2D eigenvalue weighted by Gasteiger charge is -2.34. The van der Waals surface area contributed by atoms with Crippen molar-refractivity contribution in [1.82, 2.24) is 10.2 Å². The molecule has 21 heavy (non-hydrogen) atoms. The van der Waals surface area contributed by atoms with Crippen LogP contribution in [-0.4, -0.2) is 51.2 Å². The van der Waals surface area contributed by atoms with Crippen LogP contribution in [0.1, 0.15) is 18.9 Å². The Morgan fingerprint density at radius 1 is 1.43 bits per heavy atom. The Labute approximate surface area is 127 Å². The van der Waals surface area contributed by atoms with Crippen LogP contribution in [0.5, 0.6) is 0 Å². The van der Waals surface area contributed by atoms with E-state index in [1.165, 1.54) is 0 Å². The summed E-state index contributed by atoms with van der Waals surface area (Å²) in [6, 6.07) is 9.91. The number of methoxy groups -OCH3 is 1. The Bertz CT molecular complexity index is 438. The van der Waals surface area contributed by atoms with Crippen molar-refractivity contribution in [2.45, 2.75) is 24.9 Å². The van der Waals surface area contributed by atoms with Crippen LogP contribution >= 0.6 is 0 Å². The molecular formula is C16H27N3O2. The maximum absolute atomic E-state index is 12.1. The second-order valence-corrected chi connectivity index (χ2v) is 5.42. The summed E-state index contributed by atoms with van der Waals surface area (Å²) in [4.78, 5) is 14.2. The molecule has 1 aromatic rings. The van der Waals surface area contributed by atoms with Gasteiger partial charge in [0.2, 0.25) is 5.91 Å². The molecule has 3 N–H and O–H groups in total. The van der Waals surface area contributed by atoms with Crippen molar-refractivity contribution in [3.63, 3.8) is 0 Å². The first-order chi connectivity index (χ1) is 9.97. The summed E-state index contributed by atoms with van der Waals surface area (Å²) in [6.45, 7) is 3.49. The Hall–Kier alpha value is -1.43. The topological polar surface area (TPSA) is 67.6 Å². The third-order valence-corrected chi connectivity index (χ3v) is 4.11. The average Bonchev–Trinajstić information content (AvgIpc) is 2.49. The third kappa shape index (κ3) is 4.27. The highest BCUT2D eigenvalue weighted by Gasteiger charge is 2.36. The number of hydrogen-bond donors (Lipinski definition) is 2. The fourth-order valence-corrected chi connectivity index (χ4v) is 2.46. The molecular weight excluding hydrogens is 266 g/mol. The molecule has 0 saturated heterocycles. The number of rotatable bonds is 9. The van der Waals surface area contributed by atoms with E-state index >= 15 is 0 Å². The standard InChI is InChI=1S/C16H27N3O2/c1-13(12-21-4)19(3)11-10-16(18-2,15(17)20)14-8-6-5-7-9-14/h5-9,13,18H,10-12H2,1-4H3,(H2,17,20).